The van der Waals surface area contributed by atoms with Crippen molar-refractivity contribution in [2.75, 3.05) is 18.4 Å². The van der Waals surface area contributed by atoms with Crippen LogP contribution in [0.3, 0.4) is 0 Å². The Kier molecular flexibility index (Phi) is 3.72. The summed E-state index contributed by atoms with van der Waals surface area (Å²) in [5.74, 6) is -0.317. The predicted octanol–water partition coefficient (Wildman–Crippen LogP) is 0.915. The van der Waals surface area contributed by atoms with Crippen molar-refractivity contribution in [3.05, 3.63) is 35.5 Å². The molecule has 0 radical (unpaired) electrons. The molecule has 1 fully saturated rings. The minimum Gasteiger partial charge on any atom is -0.353 e. The number of hydrogen-bond acceptors (Lipinski definition) is 4. The van der Waals surface area contributed by atoms with Crippen molar-refractivity contribution in [1.29, 1.82) is 0 Å². The molecule has 1 unspecified atom stereocenters. The number of hydrogen-bond donors (Lipinski definition) is 3. The van der Waals surface area contributed by atoms with Gasteiger partial charge in [0.05, 0.1) is 22.8 Å². The monoisotopic (exact) mass is 304 g/mol. The standard InChI is InChI=1S/C14H13ClN4O2/c15-9-3-4-10(8-2-1-5-16-13(8)9)19-14(21)11-6-18-12(20)7-17-11/h1-5,11,17H,6-7H2,(H,18,20)(H,19,21). The molecule has 1 aromatic heterocycles. The molecule has 6 nitrogen and oxygen atoms in total. The Hall–Kier alpha value is -2.18. The Morgan fingerprint density at radius 2 is 2.24 bits per heavy atom. The molecular formula is C14H13ClN4O2. The van der Waals surface area contributed by atoms with Crippen LogP contribution in [-0.2, 0) is 9.59 Å². The Morgan fingerprint density at radius 1 is 1.38 bits per heavy atom. The number of pyridine rings is 1. The fourth-order valence-electron chi connectivity index (χ4n) is 2.22. The molecule has 0 aliphatic carbocycles. The van der Waals surface area contributed by atoms with E-state index < -0.39 is 6.04 Å². The van der Waals surface area contributed by atoms with E-state index in [9.17, 15) is 9.59 Å². The zero-order chi connectivity index (χ0) is 14.8. The molecule has 108 valence electrons. The summed E-state index contributed by atoms with van der Waals surface area (Å²) in [6.45, 7) is 0.412. The van der Waals surface area contributed by atoms with Gasteiger partial charge in [0.15, 0.2) is 0 Å². The second kappa shape index (κ2) is 5.67. The van der Waals surface area contributed by atoms with Gasteiger partial charge < -0.3 is 10.6 Å². The van der Waals surface area contributed by atoms with Gasteiger partial charge in [-0.05, 0) is 24.3 Å². The summed E-state index contributed by atoms with van der Waals surface area (Å²) in [4.78, 5) is 27.5. The largest absolute Gasteiger partial charge is 0.353 e. The zero-order valence-corrected chi connectivity index (χ0v) is 11.8. The number of anilines is 1. The van der Waals surface area contributed by atoms with Gasteiger partial charge in [-0.1, -0.05) is 11.6 Å². The molecule has 2 aromatic rings. The molecule has 21 heavy (non-hydrogen) atoms. The lowest BCUT2D eigenvalue weighted by Gasteiger charge is -2.23. The fraction of sp³-hybridized carbons (Fsp3) is 0.214. The van der Waals surface area contributed by atoms with E-state index in [0.717, 1.165) is 5.39 Å². The van der Waals surface area contributed by atoms with E-state index in [1.807, 2.05) is 6.07 Å². The van der Waals surface area contributed by atoms with Gasteiger partial charge in [-0.3, -0.25) is 19.9 Å². The van der Waals surface area contributed by atoms with E-state index in [1.165, 1.54) is 0 Å². The molecule has 0 spiro atoms. The molecule has 2 heterocycles. The van der Waals surface area contributed by atoms with E-state index in [2.05, 4.69) is 20.9 Å². The first kappa shape index (κ1) is 13.8. The minimum atomic E-state index is -0.454. The zero-order valence-electron chi connectivity index (χ0n) is 11.0. The van der Waals surface area contributed by atoms with Crippen LogP contribution in [0.1, 0.15) is 0 Å². The summed E-state index contributed by atoms with van der Waals surface area (Å²) >= 11 is 6.10. The Labute approximate surface area is 125 Å². The third-order valence-corrected chi connectivity index (χ3v) is 3.61. The van der Waals surface area contributed by atoms with E-state index in [0.29, 0.717) is 16.2 Å². The van der Waals surface area contributed by atoms with Crippen molar-refractivity contribution >= 4 is 40.0 Å². The summed E-state index contributed by atoms with van der Waals surface area (Å²) in [7, 11) is 0. The van der Waals surface area contributed by atoms with Gasteiger partial charge >= 0.3 is 0 Å². The third kappa shape index (κ3) is 2.81. The maximum Gasteiger partial charge on any atom is 0.243 e. The van der Waals surface area contributed by atoms with Crippen LogP contribution in [0.4, 0.5) is 5.69 Å². The number of aromatic nitrogens is 1. The van der Waals surface area contributed by atoms with Crippen molar-refractivity contribution < 1.29 is 9.59 Å². The van der Waals surface area contributed by atoms with Crippen molar-refractivity contribution in [1.82, 2.24) is 15.6 Å². The summed E-state index contributed by atoms with van der Waals surface area (Å²) in [5.41, 5.74) is 1.29. The quantitative estimate of drug-likeness (QED) is 0.770. The number of fused-ring (bicyclic) bond motifs is 1. The fourth-order valence-corrected chi connectivity index (χ4v) is 2.43. The number of carbonyl (C=O) groups excluding carboxylic acids is 2. The van der Waals surface area contributed by atoms with Crippen LogP contribution in [0.25, 0.3) is 10.9 Å². The predicted molar refractivity (Wildman–Crippen MR) is 80.2 cm³/mol. The van der Waals surface area contributed by atoms with Gasteiger partial charge in [0.1, 0.15) is 6.04 Å². The molecule has 0 saturated carbocycles. The highest BCUT2D eigenvalue weighted by atomic mass is 35.5. The minimum absolute atomic E-state index is 0.111. The van der Waals surface area contributed by atoms with Crippen molar-refractivity contribution in [3.8, 4) is 0 Å². The summed E-state index contributed by atoms with van der Waals surface area (Å²) in [5, 5.41) is 9.69. The van der Waals surface area contributed by atoms with Crippen molar-refractivity contribution in [2.24, 2.45) is 0 Å². The van der Waals surface area contributed by atoms with Crippen LogP contribution in [0.15, 0.2) is 30.5 Å². The van der Waals surface area contributed by atoms with Gasteiger partial charge in [-0.25, -0.2) is 0 Å². The van der Waals surface area contributed by atoms with E-state index >= 15 is 0 Å². The number of benzene rings is 1. The van der Waals surface area contributed by atoms with E-state index in [-0.39, 0.29) is 24.9 Å². The molecule has 7 heteroatoms. The lowest BCUT2D eigenvalue weighted by Crippen LogP contribution is -2.56. The average Bonchev–Trinajstić information content (AvgIpc) is 2.51. The summed E-state index contributed by atoms with van der Waals surface area (Å²) < 4.78 is 0. The third-order valence-electron chi connectivity index (χ3n) is 3.31. The SMILES string of the molecule is O=C1CNC(C(=O)Nc2ccc(Cl)c3ncccc23)CN1. The van der Waals surface area contributed by atoms with Gasteiger partial charge in [0, 0.05) is 18.1 Å². The molecule has 2 amide bonds. The first-order valence-corrected chi connectivity index (χ1v) is 6.87. The summed E-state index contributed by atoms with van der Waals surface area (Å²) in [6, 6.07) is 6.62. The molecule has 3 rings (SSSR count). The Morgan fingerprint density at radius 3 is 3.00 bits per heavy atom. The first-order valence-electron chi connectivity index (χ1n) is 6.49. The maximum absolute atomic E-state index is 12.2. The number of amides is 2. The van der Waals surface area contributed by atoms with Crippen molar-refractivity contribution in [2.45, 2.75) is 6.04 Å². The molecule has 1 atom stereocenters. The summed E-state index contributed by atoms with van der Waals surface area (Å²) in [6.07, 6.45) is 1.65. The average molecular weight is 305 g/mol. The number of halogens is 1. The smallest absolute Gasteiger partial charge is 0.243 e. The topological polar surface area (TPSA) is 83.1 Å². The molecule has 1 aromatic carbocycles. The maximum atomic E-state index is 12.2. The van der Waals surface area contributed by atoms with Crippen LogP contribution in [-0.4, -0.2) is 35.9 Å². The second-order valence-electron chi connectivity index (χ2n) is 4.72. The molecule has 1 aliphatic heterocycles. The molecule has 0 bridgehead atoms. The highest BCUT2D eigenvalue weighted by molar-refractivity contribution is 6.35. The van der Waals surface area contributed by atoms with Crippen LogP contribution >= 0.6 is 11.6 Å². The molecule has 1 saturated heterocycles. The molecule has 3 N–H and O–H groups in total. The van der Waals surface area contributed by atoms with Crippen LogP contribution in [0.5, 0.6) is 0 Å². The lowest BCUT2D eigenvalue weighted by molar-refractivity contribution is -0.124. The van der Waals surface area contributed by atoms with Crippen LogP contribution in [0, 0.1) is 0 Å². The highest BCUT2D eigenvalue weighted by Gasteiger charge is 2.24. The van der Waals surface area contributed by atoms with E-state index in [4.69, 9.17) is 11.6 Å². The lowest BCUT2D eigenvalue weighted by atomic mass is 10.1. The number of piperazine rings is 1. The van der Waals surface area contributed by atoms with Crippen molar-refractivity contribution in [3.63, 3.8) is 0 Å². The molecule has 1 aliphatic rings. The molecular weight excluding hydrogens is 292 g/mol. The van der Waals surface area contributed by atoms with Gasteiger partial charge in [-0.2, -0.15) is 0 Å². The number of nitrogens with one attached hydrogen (secondary N) is 3. The highest BCUT2D eigenvalue weighted by Crippen LogP contribution is 2.28. The van der Waals surface area contributed by atoms with Crippen LogP contribution in [0.2, 0.25) is 5.02 Å². The van der Waals surface area contributed by atoms with Crippen LogP contribution < -0.4 is 16.0 Å². The van der Waals surface area contributed by atoms with Gasteiger partial charge in [0.25, 0.3) is 0 Å². The van der Waals surface area contributed by atoms with E-state index in [1.54, 1.807) is 24.4 Å². The Balaban J connectivity index is 1.83. The number of nitrogens with zero attached hydrogens (tertiary/aromatic N) is 1. The number of carbonyl (C=O) groups is 2. The Bertz CT molecular complexity index is 709. The van der Waals surface area contributed by atoms with Gasteiger partial charge in [0.2, 0.25) is 11.8 Å². The first-order chi connectivity index (χ1) is 10.1. The van der Waals surface area contributed by atoms with Gasteiger partial charge in [-0.15, -0.1) is 0 Å². The number of rotatable bonds is 2. The second-order valence-corrected chi connectivity index (χ2v) is 5.13. The normalized spacial score (nSPS) is 18.3.